The van der Waals surface area contributed by atoms with Crippen LogP contribution in [0.5, 0.6) is 5.75 Å². The van der Waals surface area contributed by atoms with Crippen molar-refractivity contribution in [3.63, 3.8) is 0 Å². The molecule has 5 atom stereocenters. The standard InChI is InChI=1S/C32H38N2O2/c1-33(30(36)14-9-22-5-3-2-4-6-22)28-20-31-15-16-34(21-23-7-8-23)29-13-11-25(28)19-32(29,31)18-24-10-12-26(35)17-27(24)31/h2-6,10-13,17,23,25,28-29,35H,7-9,14-16,18-21H2,1H3/t25-,28+,29+,31-,32-/m1/s1. The third kappa shape index (κ3) is 3.33. The molecule has 4 heteroatoms. The van der Waals surface area contributed by atoms with Gasteiger partial charge in [0.05, 0.1) is 0 Å². The first-order valence-corrected chi connectivity index (χ1v) is 14.0. The fraction of sp³-hybridized carbons (Fsp3) is 0.531. The predicted octanol–water partition coefficient (Wildman–Crippen LogP) is 5.10. The van der Waals surface area contributed by atoms with Gasteiger partial charge in [0, 0.05) is 42.9 Å². The quantitative estimate of drug-likeness (QED) is 0.583. The number of fused-ring (bicyclic) bond motifs is 2. The number of benzene rings is 2. The second-order valence-corrected chi connectivity index (χ2v) is 12.4. The van der Waals surface area contributed by atoms with Crippen molar-refractivity contribution in [2.45, 2.75) is 68.9 Å². The lowest BCUT2D eigenvalue weighted by atomic mass is 9.45. The van der Waals surface area contributed by atoms with Crippen molar-refractivity contribution in [3.05, 3.63) is 77.4 Å². The van der Waals surface area contributed by atoms with E-state index in [4.69, 9.17) is 0 Å². The van der Waals surface area contributed by atoms with Gasteiger partial charge in [-0.15, -0.1) is 0 Å². The first kappa shape index (κ1) is 22.6. The van der Waals surface area contributed by atoms with Crippen molar-refractivity contribution in [1.82, 2.24) is 9.80 Å². The summed E-state index contributed by atoms with van der Waals surface area (Å²) in [5.74, 6) is 1.93. The van der Waals surface area contributed by atoms with Gasteiger partial charge in [-0.3, -0.25) is 9.69 Å². The fourth-order valence-electron chi connectivity index (χ4n) is 8.67. The van der Waals surface area contributed by atoms with Gasteiger partial charge >= 0.3 is 0 Å². The van der Waals surface area contributed by atoms with Crippen LogP contribution < -0.4 is 0 Å². The molecule has 1 amide bonds. The van der Waals surface area contributed by atoms with Crippen LogP contribution in [-0.2, 0) is 23.1 Å². The third-order valence-corrected chi connectivity index (χ3v) is 10.6. The van der Waals surface area contributed by atoms with E-state index in [-0.39, 0.29) is 22.8 Å². The van der Waals surface area contributed by atoms with Gasteiger partial charge in [0.1, 0.15) is 5.75 Å². The van der Waals surface area contributed by atoms with Crippen molar-refractivity contribution in [2.24, 2.45) is 17.3 Å². The maximum Gasteiger partial charge on any atom is 0.222 e. The number of hydrogen-bond acceptors (Lipinski definition) is 3. The zero-order chi connectivity index (χ0) is 24.5. The molecule has 4 nitrogen and oxygen atoms in total. The summed E-state index contributed by atoms with van der Waals surface area (Å²) < 4.78 is 0. The number of phenolic OH excluding ortho intramolecular Hbond substituents is 1. The lowest BCUT2D eigenvalue weighted by Crippen LogP contribution is -2.68. The van der Waals surface area contributed by atoms with Crippen LogP contribution in [0.2, 0.25) is 0 Å². The number of piperidine rings is 1. The molecule has 36 heavy (non-hydrogen) atoms. The predicted molar refractivity (Wildman–Crippen MR) is 142 cm³/mol. The Hall–Kier alpha value is -2.59. The second kappa shape index (κ2) is 8.21. The molecule has 2 aromatic rings. The second-order valence-electron chi connectivity index (χ2n) is 12.4. The summed E-state index contributed by atoms with van der Waals surface area (Å²) in [5, 5.41) is 10.5. The average molecular weight is 483 g/mol. The van der Waals surface area contributed by atoms with Crippen LogP contribution in [0.3, 0.4) is 0 Å². The van der Waals surface area contributed by atoms with Gasteiger partial charge in [-0.1, -0.05) is 48.6 Å². The van der Waals surface area contributed by atoms with E-state index in [0.717, 1.165) is 44.6 Å². The zero-order valence-corrected chi connectivity index (χ0v) is 21.4. The van der Waals surface area contributed by atoms with Crippen molar-refractivity contribution in [1.29, 1.82) is 0 Å². The summed E-state index contributed by atoms with van der Waals surface area (Å²) in [4.78, 5) is 18.4. The maximum absolute atomic E-state index is 13.5. The van der Waals surface area contributed by atoms with Crippen molar-refractivity contribution < 1.29 is 9.90 Å². The van der Waals surface area contributed by atoms with E-state index in [1.165, 1.54) is 36.1 Å². The van der Waals surface area contributed by atoms with E-state index >= 15 is 0 Å². The number of aromatic hydroxyl groups is 1. The van der Waals surface area contributed by atoms with Gasteiger partial charge in [0.2, 0.25) is 5.91 Å². The molecule has 2 saturated carbocycles. The van der Waals surface area contributed by atoms with Crippen LogP contribution in [0.4, 0.5) is 0 Å². The highest BCUT2D eigenvalue weighted by molar-refractivity contribution is 5.76. The van der Waals surface area contributed by atoms with Gasteiger partial charge in [0.15, 0.2) is 0 Å². The highest BCUT2D eigenvalue weighted by Crippen LogP contribution is 2.68. The number of carbonyl (C=O) groups excluding carboxylic acids is 1. The van der Waals surface area contributed by atoms with Crippen LogP contribution in [0, 0.1) is 17.3 Å². The molecular formula is C32H38N2O2. The molecule has 3 fully saturated rings. The van der Waals surface area contributed by atoms with Gasteiger partial charge in [-0.25, -0.2) is 0 Å². The Morgan fingerprint density at radius 1 is 1.11 bits per heavy atom. The van der Waals surface area contributed by atoms with E-state index in [1.54, 1.807) is 0 Å². The molecule has 2 aromatic carbocycles. The Labute approximate surface area is 215 Å². The number of amides is 1. The smallest absolute Gasteiger partial charge is 0.222 e. The molecule has 5 aliphatic rings. The van der Waals surface area contributed by atoms with E-state index in [9.17, 15) is 9.90 Å². The van der Waals surface area contributed by atoms with E-state index < -0.39 is 0 Å². The summed E-state index contributed by atoms with van der Waals surface area (Å²) in [6.45, 7) is 2.35. The SMILES string of the molecule is CN(C(=O)CCc1ccccc1)[C@H]1C[C@@]23CCN(CC4CC4)[C@H]4C=C[C@@H]1C[C@]42Cc1ccc(O)cc13. The average Bonchev–Trinajstić information content (AvgIpc) is 3.67. The van der Waals surface area contributed by atoms with Gasteiger partial charge in [-0.05, 0) is 92.1 Å². The van der Waals surface area contributed by atoms with Crippen molar-refractivity contribution in [3.8, 4) is 5.75 Å². The van der Waals surface area contributed by atoms with Gasteiger partial charge in [-0.2, -0.15) is 0 Å². The number of hydrogen-bond donors (Lipinski definition) is 1. The van der Waals surface area contributed by atoms with Crippen molar-refractivity contribution >= 4 is 5.91 Å². The molecule has 0 radical (unpaired) electrons. The molecule has 7 rings (SSSR count). The molecule has 2 bridgehead atoms. The minimum atomic E-state index is 0.0334. The van der Waals surface area contributed by atoms with Crippen LogP contribution >= 0.6 is 0 Å². The molecule has 188 valence electrons. The molecule has 0 unspecified atom stereocenters. The zero-order valence-electron chi connectivity index (χ0n) is 21.4. The minimum absolute atomic E-state index is 0.0334. The molecular weight excluding hydrogens is 444 g/mol. The van der Waals surface area contributed by atoms with E-state index in [1.807, 2.05) is 19.2 Å². The summed E-state index contributed by atoms with van der Waals surface area (Å²) >= 11 is 0. The Kier molecular flexibility index (Phi) is 5.15. The number of aryl methyl sites for hydroxylation is 1. The van der Waals surface area contributed by atoms with E-state index in [0.29, 0.717) is 24.1 Å². The van der Waals surface area contributed by atoms with Crippen LogP contribution in [0.25, 0.3) is 0 Å². The topological polar surface area (TPSA) is 43.8 Å². The number of carbonyl (C=O) groups is 1. The highest BCUT2D eigenvalue weighted by atomic mass is 16.3. The normalized spacial score (nSPS) is 34.2. The highest BCUT2D eigenvalue weighted by Gasteiger charge is 2.68. The maximum atomic E-state index is 13.5. The van der Waals surface area contributed by atoms with Crippen molar-refractivity contribution in [2.75, 3.05) is 20.1 Å². The summed E-state index contributed by atoms with van der Waals surface area (Å²) in [6, 6.07) is 17.2. The number of rotatable bonds is 6. The molecule has 0 aromatic heterocycles. The lowest BCUT2D eigenvalue weighted by molar-refractivity contribution is -0.140. The molecule has 4 aliphatic carbocycles. The molecule has 1 N–H and O–H groups in total. The van der Waals surface area contributed by atoms with Crippen LogP contribution in [0.1, 0.15) is 55.2 Å². The summed E-state index contributed by atoms with van der Waals surface area (Å²) in [7, 11) is 2.04. The van der Waals surface area contributed by atoms with Gasteiger partial charge < -0.3 is 10.0 Å². The molecule has 1 heterocycles. The monoisotopic (exact) mass is 482 g/mol. The minimum Gasteiger partial charge on any atom is -0.508 e. The van der Waals surface area contributed by atoms with Crippen LogP contribution in [0.15, 0.2) is 60.7 Å². The molecule has 1 saturated heterocycles. The third-order valence-electron chi connectivity index (χ3n) is 10.6. The first-order valence-electron chi connectivity index (χ1n) is 14.0. The fourth-order valence-corrected chi connectivity index (χ4v) is 8.67. The number of likely N-dealkylation sites (tertiary alicyclic amines) is 1. The Bertz CT molecular complexity index is 1200. The van der Waals surface area contributed by atoms with Crippen LogP contribution in [-0.4, -0.2) is 53.0 Å². The summed E-state index contributed by atoms with van der Waals surface area (Å²) in [5.41, 5.74) is 4.25. The lowest BCUT2D eigenvalue weighted by Gasteiger charge is -2.65. The first-order chi connectivity index (χ1) is 17.5. The Morgan fingerprint density at radius 2 is 1.94 bits per heavy atom. The number of phenols is 1. The molecule has 1 aliphatic heterocycles. The molecule has 1 spiro atoms. The largest absolute Gasteiger partial charge is 0.508 e. The van der Waals surface area contributed by atoms with E-state index in [2.05, 4.69) is 58.4 Å². The Morgan fingerprint density at radius 3 is 2.75 bits per heavy atom. The van der Waals surface area contributed by atoms with Gasteiger partial charge in [0.25, 0.3) is 0 Å². The Balaban J connectivity index is 1.22. The number of nitrogens with zero attached hydrogens (tertiary/aromatic N) is 2. The summed E-state index contributed by atoms with van der Waals surface area (Å²) in [6.07, 6.45) is 13.5.